The quantitative estimate of drug-likeness (QED) is 0.446. The van der Waals surface area contributed by atoms with Crippen LogP contribution in [0, 0.1) is 0 Å². The van der Waals surface area contributed by atoms with Gasteiger partial charge in [0, 0.05) is 51.0 Å². The molecule has 0 radical (unpaired) electrons. The molecule has 0 amide bonds. The van der Waals surface area contributed by atoms with Gasteiger partial charge in [0.25, 0.3) is 0 Å². The molecule has 2 heterocycles. The molecular formula is C22H37N5O2. The molecule has 3 N–H and O–H groups in total. The summed E-state index contributed by atoms with van der Waals surface area (Å²) in [5, 5.41) is 17.5. The second-order valence-electron chi connectivity index (χ2n) is 8.38. The first kappa shape index (κ1) is 21.9. The molecule has 1 fully saturated rings. The van der Waals surface area contributed by atoms with Crippen LogP contribution in [0.15, 0.2) is 29.3 Å². The number of aliphatic hydroxyl groups is 1. The molecule has 1 aromatic rings. The first-order chi connectivity index (χ1) is 14.0. The number of nitrogens with zero attached hydrogens (tertiary/aromatic N) is 3. The first-order valence-electron chi connectivity index (χ1n) is 10.9. The maximum atomic E-state index is 10.8. The van der Waals surface area contributed by atoms with E-state index in [-0.39, 0.29) is 0 Å². The molecule has 2 aliphatic heterocycles. The lowest BCUT2D eigenvalue weighted by Gasteiger charge is -2.33. The molecule has 0 aromatic heterocycles. The van der Waals surface area contributed by atoms with Crippen molar-refractivity contribution in [2.45, 2.75) is 38.8 Å². The van der Waals surface area contributed by atoms with Gasteiger partial charge < -0.3 is 25.4 Å². The number of nitrogens with one attached hydrogen (secondary N) is 2. The minimum atomic E-state index is -0.859. The van der Waals surface area contributed by atoms with Gasteiger partial charge >= 0.3 is 0 Å². The molecule has 7 heteroatoms. The zero-order valence-electron chi connectivity index (χ0n) is 18.2. The summed E-state index contributed by atoms with van der Waals surface area (Å²) < 4.78 is 5.39. The van der Waals surface area contributed by atoms with Crippen molar-refractivity contribution in [2.75, 3.05) is 63.9 Å². The maximum Gasteiger partial charge on any atom is 0.191 e. The van der Waals surface area contributed by atoms with Crippen LogP contribution in [0.1, 0.15) is 26.3 Å². The van der Waals surface area contributed by atoms with Crippen LogP contribution in [0.25, 0.3) is 0 Å². The summed E-state index contributed by atoms with van der Waals surface area (Å²) in [6.07, 6.45) is 1.11. The van der Waals surface area contributed by atoms with E-state index in [9.17, 15) is 5.11 Å². The summed E-state index contributed by atoms with van der Waals surface area (Å²) in [7, 11) is 0. The molecular weight excluding hydrogens is 366 g/mol. The number of β-amino-alcohol motifs (C(OH)–C–C–N with tert-alkyl or cyclic N) is 1. The van der Waals surface area contributed by atoms with Gasteiger partial charge in [-0.05, 0) is 38.8 Å². The number of rotatable bonds is 8. The van der Waals surface area contributed by atoms with Crippen molar-refractivity contribution in [3.05, 3.63) is 29.8 Å². The monoisotopic (exact) mass is 403 g/mol. The number of fused-ring (bicyclic) bond motifs is 1. The first-order valence-corrected chi connectivity index (χ1v) is 10.9. The highest BCUT2D eigenvalue weighted by Crippen LogP contribution is 2.31. The van der Waals surface area contributed by atoms with Gasteiger partial charge in [-0.15, -0.1) is 0 Å². The van der Waals surface area contributed by atoms with Crippen LogP contribution in [0.5, 0.6) is 0 Å². The Labute approximate surface area is 175 Å². The highest BCUT2D eigenvalue weighted by Gasteiger charge is 2.26. The Kier molecular flexibility index (Phi) is 7.75. The van der Waals surface area contributed by atoms with E-state index in [1.54, 1.807) is 0 Å². The summed E-state index contributed by atoms with van der Waals surface area (Å²) in [5.41, 5.74) is 1.92. The molecule has 1 aromatic carbocycles. The normalized spacial score (nSPS) is 22.3. The largest absolute Gasteiger partial charge is 0.387 e. The van der Waals surface area contributed by atoms with E-state index in [0.717, 1.165) is 58.3 Å². The van der Waals surface area contributed by atoms with Crippen molar-refractivity contribution in [1.82, 2.24) is 15.5 Å². The van der Waals surface area contributed by atoms with Crippen molar-refractivity contribution in [3.8, 4) is 0 Å². The van der Waals surface area contributed by atoms with Gasteiger partial charge in [-0.3, -0.25) is 9.89 Å². The van der Waals surface area contributed by atoms with Crippen molar-refractivity contribution in [1.29, 1.82) is 0 Å². The third-order valence-corrected chi connectivity index (χ3v) is 5.58. The fourth-order valence-electron chi connectivity index (χ4n) is 4.15. The minimum absolute atomic E-state index is 0.364. The SMILES string of the molecule is CCNC(=NCC(C)(O)CN1CCOCC1)NCCN1c2ccccc2CC1C. The Balaban J connectivity index is 1.50. The lowest BCUT2D eigenvalue weighted by Crippen LogP contribution is -2.48. The molecule has 2 atom stereocenters. The standard InChI is InChI=1S/C22H37N5O2/c1-4-23-21(25-16-22(3,28)17-26-11-13-29-14-12-26)24-9-10-27-18(2)15-19-7-5-6-8-20(19)27/h5-8,18,28H,4,9-17H2,1-3H3,(H2,23,24,25). The van der Waals surface area contributed by atoms with Gasteiger partial charge in [0.2, 0.25) is 0 Å². The highest BCUT2D eigenvalue weighted by atomic mass is 16.5. The summed E-state index contributed by atoms with van der Waals surface area (Å²) in [6.45, 7) is 12.9. The molecule has 0 aliphatic carbocycles. The zero-order chi connectivity index (χ0) is 20.7. The number of hydrogen-bond acceptors (Lipinski definition) is 5. The van der Waals surface area contributed by atoms with Gasteiger partial charge in [-0.2, -0.15) is 0 Å². The van der Waals surface area contributed by atoms with E-state index < -0.39 is 5.60 Å². The lowest BCUT2D eigenvalue weighted by molar-refractivity contribution is -0.0179. The Hall–Kier alpha value is -1.83. The van der Waals surface area contributed by atoms with E-state index in [1.165, 1.54) is 11.3 Å². The Morgan fingerprint density at radius 3 is 2.79 bits per heavy atom. The molecule has 0 saturated carbocycles. The third kappa shape index (κ3) is 6.32. The molecule has 2 unspecified atom stereocenters. The average Bonchev–Trinajstić information content (AvgIpc) is 3.02. The number of benzene rings is 1. The predicted molar refractivity (Wildman–Crippen MR) is 119 cm³/mol. The van der Waals surface area contributed by atoms with Crippen LogP contribution in [0.4, 0.5) is 5.69 Å². The van der Waals surface area contributed by atoms with Crippen LogP contribution in [0.3, 0.4) is 0 Å². The fourth-order valence-corrected chi connectivity index (χ4v) is 4.15. The third-order valence-electron chi connectivity index (χ3n) is 5.58. The van der Waals surface area contributed by atoms with Crippen molar-refractivity contribution >= 4 is 11.6 Å². The predicted octanol–water partition coefficient (Wildman–Crippen LogP) is 1.08. The number of ether oxygens (including phenoxy) is 1. The average molecular weight is 404 g/mol. The van der Waals surface area contributed by atoms with Crippen LogP contribution in [-0.2, 0) is 11.2 Å². The number of para-hydroxylation sites is 1. The van der Waals surface area contributed by atoms with Crippen LogP contribution in [0.2, 0.25) is 0 Å². The smallest absolute Gasteiger partial charge is 0.191 e. The van der Waals surface area contributed by atoms with E-state index in [2.05, 4.69) is 63.5 Å². The van der Waals surface area contributed by atoms with Crippen molar-refractivity contribution in [2.24, 2.45) is 4.99 Å². The van der Waals surface area contributed by atoms with Crippen LogP contribution in [-0.4, -0.2) is 86.6 Å². The van der Waals surface area contributed by atoms with E-state index >= 15 is 0 Å². The van der Waals surface area contributed by atoms with Crippen molar-refractivity contribution in [3.63, 3.8) is 0 Å². The summed E-state index contributed by atoms with van der Waals surface area (Å²) >= 11 is 0. The highest BCUT2D eigenvalue weighted by molar-refractivity contribution is 5.79. The molecule has 2 aliphatic rings. The van der Waals surface area contributed by atoms with Gasteiger partial charge in [0.1, 0.15) is 0 Å². The van der Waals surface area contributed by atoms with Crippen LogP contribution >= 0.6 is 0 Å². The van der Waals surface area contributed by atoms with E-state index in [0.29, 0.717) is 19.1 Å². The Morgan fingerprint density at radius 1 is 1.28 bits per heavy atom. The van der Waals surface area contributed by atoms with Gasteiger partial charge in [-0.25, -0.2) is 0 Å². The Bertz CT molecular complexity index is 673. The van der Waals surface area contributed by atoms with Gasteiger partial charge in [0.15, 0.2) is 5.96 Å². The van der Waals surface area contributed by atoms with Gasteiger partial charge in [-0.1, -0.05) is 18.2 Å². The molecule has 162 valence electrons. The second-order valence-corrected chi connectivity index (χ2v) is 8.38. The molecule has 7 nitrogen and oxygen atoms in total. The number of guanidine groups is 1. The topological polar surface area (TPSA) is 72.4 Å². The molecule has 29 heavy (non-hydrogen) atoms. The Morgan fingerprint density at radius 2 is 2.03 bits per heavy atom. The molecule has 0 bridgehead atoms. The number of morpholine rings is 1. The number of anilines is 1. The summed E-state index contributed by atoms with van der Waals surface area (Å²) in [5.74, 6) is 0.759. The maximum absolute atomic E-state index is 10.8. The lowest BCUT2D eigenvalue weighted by atomic mass is 10.1. The number of hydrogen-bond donors (Lipinski definition) is 3. The molecule has 3 rings (SSSR count). The molecule has 0 spiro atoms. The number of aliphatic imine (C=N–C) groups is 1. The summed E-state index contributed by atoms with van der Waals surface area (Å²) in [4.78, 5) is 9.35. The van der Waals surface area contributed by atoms with Gasteiger partial charge in [0.05, 0.1) is 25.4 Å². The van der Waals surface area contributed by atoms with E-state index in [1.807, 2.05) is 6.92 Å². The minimum Gasteiger partial charge on any atom is -0.387 e. The van der Waals surface area contributed by atoms with E-state index in [4.69, 9.17) is 4.74 Å². The van der Waals surface area contributed by atoms with Crippen LogP contribution < -0.4 is 15.5 Å². The zero-order valence-corrected chi connectivity index (χ0v) is 18.2. The second kappa shape index (κ2) is 10.3. The molecule has 1 saturated heterocycles. The fraction of sp³-hybridized carbons (Fsp3) is 0.682. The van der Waals surface area contributed by atoms with Crippen molar-refractivity contribution < 1.29 is 9.84 Å². The summed E-state index contributed by atoms with van der Waals surface area (Å²) in [6, 6.07) is 9.18.